The molecular formula is C6H8Cl2O2. The first kappa shape index (κ1) is 9.79. The molecule has 1 N–H and O–H groups in total. The second kappa shape index (κ2) is 5.57. The van der Waals surface area contributed by atoms with Crippen molar-refractivity contribution in [2.24, 2.45) is 5.92 Å². The Bertz CT molecular complexity index is 126. The average Bonchev–Trinajstić information content (AvgIpc) is 2.69. The van der Waals surface area contributed by atoms with Crippen LogP contribution in [-0.2, 0) is 4.79 Å². The Hall–Kier alpha value is -0.210. The van der Waals surface area contributed by atoms with Gasteiger partial charge in [0.05, 0.1) is 5.92 Å². The van der Waals surface area contributed by atoms with Crippen LogP contribution < -0.4 is 0 Å². The zero-order chi connectivity index (χ0) is 7.98. The van der Waals surface area contributed by atoms with Crippen LogP contribution in [-0.4, -0.2) is 11.1 Å². The van der Waals surface area contributed by atoms with Gasteiger partial charge in [-0.3, -0.25) is 4.79 Å². The van der Waals surface area contributed by atoms with Crippen molar-refractivity contribution in [1.29, 1.82) is 0 Å². The summed E-state index contributed by atoms with van der Waals surface area (Å²) in [6, 6.07) is 0. The summed E-state index contributed by atoms with van der Waals surface area (Å²) in [7, 11) is 0. The molecule has 0 atom stereocenters. The number of carbonyl (C=O) groups is 1. The molecular weight excluding hydrogens is 175 g/mol. The molecule has 10 heavy (non-hydrogen) atoms. The van der Waals surface area contributed by atoms with E-state index in [1.54, 1.807) is 0 Å². The monoisotopic (exact) mass is 182 g/mol. The van der Waals surface area contributed by atoms with E-state index in [1.165, 1.54) is 11.1 Å². The van der Waals surface area contributed by atoms with Crippen molar-refractivity contribution in [3.63, 3.8) is 0 Å². The lowest BCUT2D eigenvalue weighted by molar-refractivity contribution is -0.138. The second-order valence-corrected chi connectivity index (χ2v) is 2.37. The zero-order valence-electron chi connectivity index (χ0n) is 5.26. The maximum atomic E-state index is 9.76. The van der Waals surface area contributed by atoms with Crippen LogP contribution in [0, 0.1) is 5.92 Å². The fraction of sp³-hybridized carbons (Fsp3) is 0.500. The molecule has 0 aliphatic heterocycles. The Balaban J connectivity index is 0.000000180. The van der Waals surface area contributed by atoms with Gasteiger partial charge in [0, 0.05) is 11.1 Å². The summed E-state index contributed by atoms with van der Waals surface area (Å²) in [6.07, 6.45) is 1.80. The van der Waals surface area contributed by atoms with Gasteiger partial charge < -0.3 is 5.11 Å². The summed E-state index contributed by atoms with van der Waals surface area (Å²) >= 11 is 9.75. The van der Waals surface area contributed by atoms with Gasteiger partial charge in [-0.25, -0.2) is 0 Å². The molecule has 1 aliphatic carbocycles. The molecule has 1 fully saturated rings. The highest BCUT2D eigenvalue weighted by Crippen LogP contribution is 2.28. The minimum Gasteiger partial charge on any atom is -0.481 e. The van der Waals surface area contributed by atoms with Crippen LogP contribution in [0.4, 0.5) is 0 Å². The molecule has 1 saturated carbocycles. The van der Waals surface area contributed by atoms with Gasteiger partial charge in [-0.05, 0) is 12.8 Å². The summed E-state index contributed by atoms with van der Waals surface area (Å²) in [5, 5.41) is 8.05. The Kier molecular flexibility index (Phi) is 5.45. The van der Waals surface area contributed by atoms with Crippen molar-refractivity contribution in [3.8, 4) is 0 Å². The average molecular weight is 183 g/mol. The van der Waals surface area contributed by atoms with Gasteiger partial charge in [0.1, 0.15) is 0 Å². The number of carboxylic acids is 1. The summed E-state index contributed by atoms with van der Waals surface area (Å²) < 4.78 is 0. The van der Waals surface area contributed by atoms with Crippen molar-refractivity contribution in [3.05, 3.63) is 11.1 Å². The SMILES string of the molecule is ClC=CCl.O=C(O)C1CC1. The van der Waals surface area contributed by atoms with E-state index in [0.717, 1.165) is 12.8 Å². The molecule has 0 saturated heterocycles. The maximum absolute atomic E-state index is 9.76. The van der Waals surface area contributed by atoms with E-state index in [9.17, 15) is 4.79 Å². The number of halogens is 2. The fourth-order valence-electron chi connectivity index (χ4n) is 0.330. The van der Waals surface area contributed by atoms with Crippen molar-refractivity contribution in [2.45, 2.75) is 12.8 Å². The highest BCUT2D eigenvalue weighted by molar-refractivity contribution is 6.33. The smallest absolute Gasteiger partial charge is 0.306 e. The summed E-state index contributed by atoms with van der Waals surface area (Å²) in [5.41, 5.74) is 2.48. The first-order valence-corrected chi connectivity index (χ1v) is 3.68. The lowest BCUT2D eigenvalue weighted by Gasteiger charge is -1.75. The van der Waals surface area contributed by atoms with Gasteiger partial charge in [-0.15, -0.1) is 0 Å². The third-order valence-electron chi connectivity index (χ3n) is 0.974. The largest absolute Gasteiger partial charge is 0.481 e. The molecule has 0 amide bonds. The molecule has 0 bridgehead atoms. The zero-order valence-corrected chi connectivity index (χ0v) is 6.77. The molecule has 0 radical (unpaired) electrons. The molecule has 0 aromatic heterocycles. The van der Waals surface area contributed by atoms with Crippen molar-refractivity contribution < 1.29 is 9.90 Å². The second-order valence-electron chi connectivity index (χ2n) is 1.86. The maximum Gasteiger partial charge on any atom is 0.306 e. The number of aliphatic carboxylic acids is 1. The molecule has 0 aromatic rings. The predicted octanol–water partition coefficient (Wildman–Crippen LogP) is 2.42. The van der Waals surface area contributed by atoms with E-state index in [2.05, 4.69) is 0 Å². The van der Waals surface area contributed by atoms with Crippen LogP contribution >= 0.6 is 23.2 Å². The number of rotatable bonds is 1. The Morgan fingerprint density at radius 3 is 1.80 bits per heavy atom. The predicted molar refractivity (Wildman–Crippen MR) is 41.2 cm³/mol. The topological polar surface area (TPSA) is 37.3 Å². The first-order valence-electron chi connectivity index (χ1n) is 2.80. The van der Waals surface area contributed by atoms with Crippen LogP contribution in [0.25, 0.3) is 0 Å². The molecule has 1 aliphatic rings. The van der Waals surface area contributed by atoms with Crippen LogP contribution in [0.1, 0.15) is 12.8 Å². The quantitative estimate of drug-likeness (QED) is 0.677. The molecule has 2 nitrogen and oxygen atoms in total. The third kappa shape index (κ3) is 5.92. The van der Waals surface area contributed by atoms with E-state index in [-0.39, 0.29) is 5.92 Å². The van der Waals surface area contributed by atoms with E-state index >= 15 is 0 Å². The number of carboxylic acid groups (broad SMARTS) is 1. The van der Waals surface area contributed by atoms with Gasteiger partial charge in [0.15, 0.2) is 0 Å². The standard InChI is InChI=1S/C4H6O2.C2H2Cl2/c5-4(6)3-1-2-3;3-1-2-4/h3H,1-2H2,(H,5,6);1-2H. The third-order valence-corrected chi connectivity index (χ3v) is 1.36. The molecule has 4 heteroatoms. The highest BCUT2D eigenvalue weighted by atomic mass is 35.5. The highest BCUT2D eigenvalue weighted by Gasteiger charge is 2.28. The van der Waals surface area contributed by atoms with Gasteiger partial charge >= 0.3 is 5.97 Å². The summed E-state index contributed by atoms with van der Waals surface area (Å²) in [5.74, 6) is -0.611. The Morgan fingerprint density at radius 2 is 1.80 bits per heavy atom. The molecule has 0 spiro atoms. The number of hydrogen-bond acceptors (Lipinski definition) is 1. The normalized spacial score (nSPS) is 16.2. The van der Waals surface area contributed by atoms with E-state index in [1.807, 2.05) is 0 Å². The molecule has 0 aromatic carbocycles. The molecule has 1 rings (SSSR count). The van der Waals surface area contributed by atoms with Gasteiger partial charge in [0.25, 0.3) is 0 Å². The van der Waals surface area contributed by atoms with Gasteiger partial charge in [-0.2, -0.15) is 0 Å². The van der Waals surface area contributed by atoms with E-state index < -0.39 is 5.97 Å². The Morgan fingerprint density at radius 1 is 1.40 bits per heavy atom. The van der Waals surface area contributed by atoms with Crippen LogP contribution in [0.5, 0.6) is 0 Å². The van der Waals surface area contributed by atoms with Crippen LogP contribution in [0.15, 0.2) is 11.1 Å². The van der Waals surface area contributed by atoms with E-state index in [0.29, 0.717) is 0 Å². The van der Waals surface area contributed by atoms with Crippen LogP contribution in [0.2, 0.25) is 0 Å². The molecule has 58 valence electrons. The van der Waals surface area contributed by atoms with Gasteiger partial charge in [-0.1, -0.05) is 23.2 Å². The lowest BCUT2D eigenvalue weighted by Crippen LogP contribution is -1.94. The number of hydrogen-bond donors (Lipinski definition) is 1. The van der Waals surface area contributed by atoms with Gasteiger partial charge in [0.2, 0.25) is 0 Å². The van der Waals surface area contributed by atoms with E-state index in [4.69, 9.17) is 28.3 Å². The lowest BCUT2D eigenvalue weighted by atomic mass is 10.5. The minimum absolute atomic E-state index is 0.0185. The minimum atomic E-state index is -0.630. The summed E-state index contributed by atoms with van der Waals surface area (Å²) in [4.78, 5) is 9.76. The molecule has 0 heterocycles. The fourth-order valence-corrected chi connectivity index (χ4v) is 0.330. The molecule has 0 unspecified atom stereocenters. The van der Waals surface area contributed by atoms with Crippen molar-refractivity contribution in [1.82, 2.24) is 0 Å². The van der Waals surface area contributed by atoms with Crippen LogP contribution in [0.3, 0.4) is 0 Å². The Labute approximate surface area is 69.4 Å². The van der Waals surface area contributed by atoms with Crippen molar-refractivity contribution >= 4 is 29.2 Å². The first-order chi connectivity index (χ1) is 4.72. The van der Waals surface area contributed by atoms with Crippen molar-refractivity contribution in [2.75, 3.05) is 0 Å². The summed E-state index contributed by atoms with van der Waals surface area (Å²) in [6.45, 7) is 0.